The van der Waals surface area contributed by atoms with Crippen molar-refractivity contribution in [2.24, 2.45) is 0 Å². The van der Waals surface area contributed by atoms with Gasteiger partial charge in [0.2, 0.25) is 0 Å². The summed E-state index contributed by atoms with van der Waals surface area (Å²) >= 11 is 12.2. The van der Waals surface area contributed by atoms with E-state index in [1.54, 1.807) is 0 Å². The topological polar surface area (TPSA) is 17.1 Å². The van der Waals surface area contributed by atoms with Gasteiger partial charge in [-0.05, 0) is 12.8 Å². The van der Waals surface area contributed by atoms with Gasteiger partial charge in [0.1, 0.15) is 5.78 Å². The number of alkyl halides is 2. The van der Waals surface area contributed by atoms with Gasteiger partial charge in [-0.15, -0.1) is 23.2 Å². The summed E-state index contributed by atoms with van der Waals surface area (Å²) in [5, 5.41) is 0.00461. The van der Waals surface area contributed by atoms with Gasteiger partial charge in [-0.25, -0.2) is 0 Å². The molecule has 16 heavy (non-hydrogen) atoms. The fourth-order valence-electron chi connectivity index (χ4n) is 1.63. The number of hydrogen-bond donors (Lipinski definition) is 0. The molecule has 0 radical (unpaired) electrons. The van der Waals surface area contributed by atoms with Crippen molar-refractivity contribution in [1.29, 1.82) is 0 Å². The molecule has 96 valence electrons. The van der Waals surface area contributed by atoms with Crippen LogP contribution in [0.15, 0.2) is 0 Å². The SMILES string of the molecule is CCCCC(Cl)CC(=O)CC(Cl)CCCC. The van der Waals surface area contributed by atoms with Crippen LogP contribution in [-0.2, 0) is 4.79 Å². The Hall–Kier alpha value is 0.250. The molecule has 2 unspecified atom stereocenters. The molecule has 0 heterocycles. The highest BCUT2D eigenvalue weighted by atomic mass is 35.5. The smallest absolute Gasteiger partial charge is 0.135 e. The lowest BCUT2D eigenvalue weighted by molar-refractivity contribution is -0.119. The molecule has 0 aromatic carbocycles. The van der Waals surface area contributed by atoms with Crippen LogP contribution in [0.25, 0.3) is 0 Å². The van der Waals surface area contributed by atoms with E-state index in [9.17, 15) is 4.79 Å². The zero-order valence-corrected chi connectivity index (χ0v) is 12.0. The summed E-state index contributed by atoms with van der Waals surface area (Å²) in [4.78, 5) is 11.6. The first kappa shape index (κ1) is 16.2. The van der Waals surface area contributed by atoms with Crippen LogP contribution in [0.1, 0.15) is 65.2 Å². The molecule has 0 aliphatic heterocycles. The van der Waals surface area contributed by atoms with Gasteiger partial charge in [-0.3, -0.25) is 4.79 Å². The van der Waals surface area contributed by atoms with E-state index in [1.807, 2.05) is 0 Å². The zero-order valence-electron chi connectivity index (χ0n) is 10.5. The number of ketones is 1. The maximum atomic E-state index is 11.6. The average Bonchev–Trinajstić information content (AvgIpc) is 2.23. The van der Waals surface area contributed by atoms with Gasteiger partial charge in [0, 0.05) is 23.6 Å². The van der Waals surface area contributed by atoms with Gasteiger partial charge < -0.3 is 0 Å². The Morgan fingerprint density at radius 2 is 1.31 bits per heavy atom. The molecule has 2 atom stereocenters. The van der Waals surface area contributed by atoms with Crippen LogP contribution in [0, 0.1) is 0 Å². The molecule has 0 aliphatic carbocycles. The highest BCUT2D eigenvalue weighted by Gasteiger charge is 2.14. The van der Waals surface area contributed by atoms with Crippen molar-refractivity contribution in [3.63, 3.8) is 0 Å². The molecule has 0 aromatic heterocycles. The molecule has 0 aliphatic rings. The van der Waals surface area contributed by atoms with Crippen molar-refractivity contribution in [3.8, 4) is 0 Å². The van der Waals surface area contributed by atoms with Crippen molar-refractivity contribution in [2.45, 2.75) is 76.0 Å². The van der Waals surface area contributed by atoms with Crippen LogP contribution in [0.5, 0.6) is 0 Å². The van der Waals surface area contributed by atoms with Crippen molar-refractivity contribution in [2.75, 3.05) is 0 Å². The maximum absolute atomic E-state index is 11.6. The Kier molecular flexibility index (Phi) is 10.6. The first-order valence-corrected chi connectivity index (χ1v) is 7.27. The largest absolute Gasteiger partial charge is 0.300 e. The van der Waals surface area contributed by atoms with Crippen LogP contribution in [-0.4, -0.2) is 16.5 Å². The second kappa shape index (κ2) is 10.4. The van der Waals surface area contributed by atoms with E-state index in [4.69, 9.17) is 23.2 Å². The second-order valence-corrected chi connectivity index (χ2v) is 5.66. The number of hydrogen-bond acceptors (Lipinski definition) is 1. The molecule has 0 rings (SSSR count). The summed E-state index contributed by atoms with van der Waals surface area (Å²) in [6.45, 7) is 4.26. The van der Waals surface area contributed by atoms with E-state index in [1.165, 1.54) is 0 Å². The molecule has 3 heteroatoms. The fraction of sp³-hybridized carbons (Fsp3) is 0.923. The summed E-state index contributed by atoms with van der Waals surface area (Å²) in [7, 11) is 0. The van der Waals surface area contributed by atoms with Crippen LogP contribution in [0.3, 0.4) is 0 Å². The monoisotopic (exact) mass is 266 g/mol. The summed E-state index contributed by atoms with van der Waals surface area (Å²) in [6.07, 6.45) is 7.30. The Bertz CT molecular complexity index is 165. The summed E-state index contributed by atoms with van der Waals surface area (Å²) < 4.78 is 0. The third-order valence-corrected chi connectivity index (χ3v) is 3.39. The van der Waals surface area contributed by atoms with Crippen molar-refractivity contribution in [3.05, 3.63) is 0 Å². The third-order valence-electron chi connectivity index (χ3n) is 2.64. The lowest BCUT2D eigenvalue weighted by Gasteiger charge is -2.10. The third kappa shape index (κ3) is 9.47. The second-order valence-electron chi connectivity index (χ2n) is 4.43. The number of rotatable bonds is 10. The molecule has 0 saturated carbocycles. The minimum absolute atomic E-state index is 0.00231. The first-order chi connectivity index (χ1) is 7.60. The van der Waals surface area contributed by atoms with Gasteiger partial charge in [0.25, 0.3) is 0 Å². The van der Waals surface area contributed by atoms with Gasteiger partial charge in [0.15, 0.2) is 0 Å². The zero-order chi connectivity index (χ0) is 12.4. The normalized spacial score (nSPS) is 14.8. The van der Waals surface area contributed by atoms with Crippen molar-refractivity contribution < 1.29 is 4.79 Å². The number of halogens is 2. The van der Waals surface area contributed by atoms with Gasteiger partial charge in [0.05, 0.1) is 0 Å². The minimum Gasteiger partial charge on any atom is -0.300 e. The van der Waals surface area contributed by atoms with Crippen molar-refractivity contribution in [1.82, 2.24) is 0 Å². The van der Waals surface area contributed by atoms with E-state index in [0.29, 0.717) is 12.8 Å². The van der Waals surface area contributed by atoms with Crippen molar-refractivity contribution >= 4 is 29.0 Å². The lowest BCUT2D eigenvalue weighted by atomic mass is 10.0. The van der Waals surface area contributed by atoms with Gasteiger partial charge >= 0.3 is 0 Å². The van der Waals surface area contributed by atoms with Crippen LogP contribution in [0.2, 0.25) is 0 Å². The van der Waals surface area contributed by atoms with E-state index in [2.05, 4.69) is 13.8 Å². The van der Waals surface area contributed by atoms with E-state index in [-0.39, 0.29) is 16.5 Å². The summed E-state index contributed by atoms with van der Waals surface area (Å²) in [5.41, 5.74) is 0. The molecular weight excluding hydrogens is 243 g/mol. The molecular formula is C13H24Cl2O. The lowest BCUT2D eigenvalue weighted by Crippen LogP contribution is -2.13. The molecule has 0 amide bonds. The quantitative estimate of drug-likeness (QED) is 0.513. The standard InChI is InChI=1S/C13H24Cl2O/c1-3-5-7-11(14)9-13(16)10-12(15)8-6-4-2/h11-12H,3-10H2,1-2H3. The van der Waals surface area contributed by atoms with Crippen LogP contribution >= 0.6 is 23.2 Å². The predicted octanol–water partition coefficient (Wildman–Crippen LogP) is 4.93. The highest BCUT2D eigenvalue weighted by Crippen LogP contribution is 2.17. The van der Waals surface area contributed by atoms with E-state index >= 15 is 0 Å². The molecule has 1 nitrogen and oxygen atoms in total. The molecule has 0 bridgehead atoms. The fourth-order valence-corrected chi connectivity index (χ4v) is 2.29. The molecule has 0 spiro atoms. The summed E-state index contributed by atoms with van der Waals surface area (Å²) in [6, 6.07) is 0. The number of Topliss-reactive ketones (excluding diaryl/α,β-unsaturated/α-hetero) is 1. The summed E-state index contributed by atoms with van der Waals surface area (Å²) in [5.74, 6) is 0.215. The van der Waals surface area contributed by atoms with Crippen LogP contribution < -0.4 is 0 Å². The molecule has 0 N–H and O–H groups in total. The van der Waals surface area contributed by atoms with E-state index in [0.717, 1.165) is 38.5 Å². The number of carbonyl (C=O) groups excluding carboxylic acids is 1. The number of carbonyl (C=O) groups is 1. The van der Waals surface area contributed by atoms with Gasteiger partial charge in [-0.2, -0.15) is 0 Å². The van der Waals surface area contributed by atoms with Gasteiger partial charge in [-0.1, -0.05) is 39.5 Å². The Morgan fingerprint density at radius 3 is 1.62 bits per heavy atom. The Morgan fingerprint density at radius 1 is 0.938 bits per heavy atom. The first-order valence-electron chi connectivity index (χ1n) is 6.39. The minimum atomic E-state index is 0.00231. The number of unbranched alkanes of at least 4 members (excludes halogenated alkanes) is 2. The Balaban J connectivity index is 3.63. The molecule has 0 fully saturated rings. The average molecular weight is 267 g/mol. The van der Waals surface area contributed by atoms with Crippen LogP contribution in [0.4, 0.5) is 0 Å². The van der Waals surface area contributed by atoms with E-state index < -0.39 is 0 Å². The highest BCUT2D eigenvalue weighted by molar-refractivity contribution is 6.23. The predicted molar refractivity (Wildman–Crippen MR) is 72.6 cm³/mol. The molecule has 0 aromatic rings. The Labute approximate surface area is 110 Å². The maximum Gasteiger partial charge on any atom is 0.135 e. The molecule has 0 saturated heterocycles.